The molecule has 0 radical (unpaired) electrons. The number of hydrogen-bond acceptors (Lipinski definition) is 2. The second kappa shape index (κ2) is 8.34. The number of para-hydroxylation sites is 1. The summed E-state index contributed by atoms with van der Waals surface area (Å²) in [5.41, 5.74) is 8.91. The van der Waals surface area contributed by atoms with E-state index in [0.717, 1.165) is 17.7 Å². The average molecular weight is 422 g/mol. The normalized spacial score (nSPS) is 18.1. The standard InChI is InChI=1S/C27H23N3S/c31-26-28-27(20-21-10-4-1-5-11-21,29-30(26)25-14-8-3-9-15-25)24-18-16-23(17-19-24)22-12-6-2-7-13-22/h1-19,29H,20H2,(H,28,31)/t27-/m1/s1. The first kappa shape index (κ1) is 19.5. The molecule has 0 aromatic heterocycles. The summed E-state index contributed by atoms with van der Waals surface area (Å²) < 4.78 is 0. The highest BCUT2D eigenvalue weighted by Gasteiger charge is 2.42. The van der Waals surface area contributed by atoms with Gasteiger partial charge in [0.2, 0.25) is 0 Å². The summed E-state index contributed by atoms with van der Waals surface area (Å²) in [6.07, 6.45) is 0.752. The van der Waals surface area contributed by atoms with Crippen molar-refractivity contribution in [1.82, 2.24) is 10.7 Å². The van der Waals surface area contributed by atoms with Crippen LogP contribution in [0, 0.1) is 0 Å². The van der Waals surface area contributed by atoms with Gasteiger partial charge in [-0.1, -0.05) is 103 Å². The highest BCUT2D eigenvalue weighted by Crippen LogP contribution is 2.32. The van der Waals surface area contributed by atoms with Crippen LogP contribution in [0.3, 0.4) is 0 Å². The molecule has 1 saturated heterocycles. The van der Waals surface area contributed by atoms with Gasteiger partial charge in [0.25, 0.3) is 0 Å². The summed E-state index contributed by atoms with van der Waals surface area (Å²) in [4.78, 5) is 0. The Kier molecular flexibility index (Phi) is 5.24. The van der Waals surface area contributed by atoms with E-state index >= 15 is 0 Å². The molecule has 0 unspecified atom stereocenters. The van der Waals surface area contributed by atoms with Crippen LogP contribution in [0.1, 0.15) is 11.1 Å². The second-order valence-electron chi connectivity index (χ2n) is 7.72. The van der Waals surface area contributed by atoms with Gasteiger partial charge in [0.05, 0.1) is 5.69 Å². The molecule has 1 heterocycles. The van der Waals surface area contributed by atoms with Crippen molar-refractivity contribution in [2.75, 3.05) is 5.01 Å². The molecule has 0 bridgehead atoms. The van der Waals surface area contributed by atoms with E-state index in [4.69, 9.17) is 12.2 Å². The van der Waals surface area contributed by atoms with E-state index < -0.39 is 5.66 Å². The van der Waals surface area contributed by atoms with Gasteiger partial charge in [-0.25, -0.2) is 5.01 Å². The lowest BCUT2D eigenvalue weighted by Gasteiger charge is -2.31. The fourth-order valence-electron chi connectivity index (χ4n) is 4.07. The first-order valence-electron chi connectivity index (χ1n) is 10.4. The van der Waals surface area contributed by atoms with Gasteiger partial charge in [0.1, 0.15) is 5.66 Å². The van der Waals surface area contributed by atoms with Crippen molar-refractivity contribution in [3.8, 4) is 11.1 Å². The largest absolute Gasteiger partial charge is 0.338 e. The van der Waals surface area contributed by atoms with E-state index in [0.29, 0.717) is 5.11 Å². The summed E-state index contributed by atoms with van der Waals surface area (Å²) in [5, 5.41) is 6.21. The Balaban J connectivity index is 1.53. The molecule has 152 valence electrons. The number of nitrogens with one attached hydrogen (secondary N) is 2. The molecular weight excluding hydrogens is 398 g/mol. The number of benzene rings is 4. The molecule has 1 aliphatic heterocycles. The molecule has 1 fully saturated rings. The third kappa shape index (κ3) is 3.96. The van der Waals surface area contributed by atoms with E-state index in [1.165, 1.54) is 16.7 Å². The predicted molar refractivity (Wildman–Crippen MR) is 131 cm³/mol. The summed E-state index contributed by atoms with van der Waals surface area (Å²) in [5.74, 6) is 0. The highest BCUT2D eigenvalue weighted by molar-refractivity contribution is 7.80. The molecule has 0 aliphatic carbocycles. The number of anilines is 1. The molecule has 1 atom stereocenters. The van der Waals surface area contributed by atoms with Crippen LogP contribution in [-0.2, 0) is 12.1 Å². The lowest BCUT2D eigenvalue weighted by Crippen LogP contribution is -2.50. The van der Waals surface area contributed by atoms with E-state index in [2.05, 4.69) is 95.7 Å². The molecule has 3 nitrogen and oxygen atoms in total. The highest BCUT2D eigenvalue weighted by atomic mass is 32.1. The molecule has 5 rings (SSSR count). The van der Waals surface area contributed by atoms with Crippen LogP contribution in [0.5, 0.6) is 0 Å². The number of nitrogens with zero attached hydrogens (tertiary/aromatic N) is 1. The Morgan fingerprint density at radius 3 is 1.84 bits per heavy atom. The van der Waals surface area contributed by atoms with E-state index in [1.807, 2.05) is 35.3 Å². The Bertz CT molecular complexity index is 1160. The van der Waals surface area contributed by atoms with Gasteiger partial charge in [-0.2, -0.15) is 5.43 Å². The summed E-state index contributed by atoms with van der Waals surface area (Å²) >= 11 is 5.74. The first-order valence-corrected chi connectivity index (χ1v) is 10.8. The fourth-order valence-corrected chi connectivity index (χ4v) is 4.39. The van der Waals surface area contributed by atoms with Crippen LogP contribution in [-0.4, -0.2) is 5.11 Å². The Hall–Kier alpha value is -3.47. The molecule has 4 aromatic carbocycles. The van der Waals surface area contributed by atoms with Gasteiger partial charge in [-0.3, -0.25) is 0 Å². The Morgan fingerprint density at radius 2 is 1.19 bits per heavy atom. The molecular formula is C27H23N3S. The van der Waals surface area contributed by atoms with Crippen LogP contribution in [0.2, 0.25) is 0 Å². The van der Waals surface area contributed by atoms with Crippen LogP contribution >= 0.6 is 12.2 Å². The monoisotopic (exact) mass is 421 g/mol. The second-order valence-corrected chi connectivity index (χ2v) is 8.11. The fraction of sp³-hybridized carbons (Fsp3) is 0.0741. The van der Waals surface area contributed by atoms with Crippen molar-refractivity contribution < 1.29 is 0 Å². The molecule has 0 amide bonds. The van der Waals surface area contributed by atoms with Gasteiger partial charge in [-0.15, -0.1) is 0 Å². The number of hydrogen-bond donors (Lipinski definition) is 2. The van der Waals surface area contributed by atoms with Crippen LogP contribution in [0.4, 0.5) is 5.69 Å². The predicted octanol–water partition coefficient (Wildman–Crippen LogP) is 5.65. The minimum atomic E-state index is -0.538. The van der Waals surface area contributed by atoms with Gasteiger partial charge < -0.3 is 5.32 Å². The minimum Gasteiger partial charge on any atom is -0.338 e. The van der Waals surface area contributed by atoms with Gasteiger partial charge in [0.15, 0.2) is 5.11 Å². The molecule has 4 aromatic rings. The maximum Gasteiger partial charge on any atom is 0.190 e. The zero-order valence-corrected chi connectivity index (χ0v) is 17.8. The molecule has 2 N–H and O–H groups in total. The molecule has 0 spiro atoms. The summed E-state index contributed by atoms with van der Waals surface area (Å²) in [7, 11) is 0. The number of rotatable bonds is 5. The van der Waals surface area contributed by atoms with Crippen molar-refractivity contribution in [1.29, 1.82) is 0 Å². The SMILES string of the molecule is S=C1N[C@@](Cc2ccccc2)(c2ccc(-c3ccccc3)cc2)NN1c1ccccc1. The minimum absolute atomic E-state index is 0.538. The summed E-state index contributed by atoms with van der Waals surface area (Å²) in [6.45, 7) is 0. The molecule has 31 heavy (non-hydrogen) atoms. The van der Waals surface area contributed by atoms with E-state index in [9.17, 15) is 0 Å². The van der Waals surface area contributed by atoms with Crippen LogP contribution in [0.15, 0.2) is 115 Å². The number of hydrazine groups is 1. The summed E-state index contributed by atoms with van der Waals surface area (Å²) in [6, 6.07) is 39.8. The molecule has 1 aliphatic rings. The first-order chi connectivity index (χ1) is 15.2. The van der Waals surface area contributed by atoms with Gasteiger partial charge >= 0.3 is 0 Å². The zero-order valence-electron chi connectivity index (χ0n) is 17.0. The van der Waals surface area contributed by atoms with Crippen molar-refractivity contribution >= 4 is 23.0 Å². The van der Waals surface area contributed by atoms with E-state index in [-0.39, 0.29) is 0 Å². The third-order valence-corrected chi connectivity index (χ3v) is 5.92. The van der Waals surface area contributed by atoms with Crippen molar-refractivity contribution in [3.05, 3.63) is 126 Å². The average Bonchev–Trinajstić information content (AvgIpc) is 3.18. The quantitative estimate of drug-likeness (QED) is 0.407. The van der Waals surface area contributed by atoms with Crippen molar-refractivity contribution in [2.45, 2.75) is 12.1 Å². The lowest BCUT2D eigenvalue weighted by molar-refractivity contribution is 0.347. The van der Waals surface area contributed by atoms with Gasteiger partial charge in [-0.05, 0) is 46.6 Å². The van der Waals surface area contributed by atoms with Crippen molar-refractivity contribution in [2.24, 2.45) is 0 Å². The zero-order chi connectivity index (χ0) is 21.1. The Morgan fingerprint density at radius 1 is 0.645 bits per heavy atom. The molecule has 0 saturated carbocycles. The lowest BCUT2D eigenvalue weighted by atomic mass is 9.91. The Labute approximate surface area is 188 Å². The van der Waals surface area contributed by atoms with Gasteiger partial charge in [0, 0.05) is 6.42 Å². The third-order valence-electron chi connectivity index (χ3n) is 5.64. The van der Waals surface area contributed by atoms with Crippen LogP contribution < -0.4 is 15.8 Å². The molecule has 4 heteroatoms. The smallest absolute Gasteiger partial charge is 0.190 e. The number of thiocarbonyl (C=S) groups is 1. The maximum absolute atomic E-state index is 5.74. The maximum atomic E-state index is 5.74. The van der Waals surface area contributed by atoms with Crippen molar-refractivity contribution in [3.63, 3.8) is 0 Å². The topological polar surface area (TPSA) is 27.3 Å². The van der Waals surface area contributed by atoms with E-state index in [1.54, 1.807) is 0 Å². The van der Waals surface area contributed by atoms with Crippen LogP contribution in [0.25, 0.3) is 11.1 Å².